The Kier molecular flexibility index (Phi) is 6.38. The van der Waals surface area contributed by atoms with E-state index in [9.17, 15) is 0 Å². The van der Waals surface area contributed by atoms with E-state index in [-0.39, 0.29) is 0 Å². The Morgan fingerprint density at radius 2 is 1.89 bits per heavy atom. The Labute approximate surface area is 168 Å². The quantitative estimate of drug-likeness (QED) is 0.596. The van der Waals surface area contributed by atoms with Crippen molar-refractivity contribution in [1.29, 1.82) is 0 Å². The van der Waals surface area contributed by atoms with Gasteiger partial charge >= 0.3 is 0 Å². The van der Waals surface area contributed by atoms with Gasteiger partial charge in [0.2, 0.25) is 6.79 Å². The van der Waals surface area contributed by atoms with Crippen LogP contribution in [0.2, 0.25) is 0 Å². The van der Waals surface area contributed by atoms with Crippen molar-refractivity contribution in [2.45, 2.75) is 38.5 Å². The SMILES string of the molecule is CCCCCN1CCC(c2ccccc2)C(COc2ccc3c(c2)OCO3)C1. The fourth-order valence-electron chi connectivity index (χ4n) is 4.37. The minimum atomic E-state index is 0.296. The van der Waals surface area contributed by atoms with E-state index in [1.54, 1.807) is 0 Å². The molecule has 0 aromatic heterocycles. The van der Waals surface area contributed by atoms with Crippen molar-refractivity contribution in [3.05, 3.63) is 54.1 Å². The molecular formula is C24H31NO3. The summed E-state index contributed by atoms with van der Waals surface area (Å²) in [7, 11) is 0. The number of benzene rings is 2. The number of likely N-dealkylation sites (tertiary alicyclic amines) is 1. The van der Waals surface area contributed by atoms with E-state index in [1.807, 2.05) is 18.2 Å². The Morgan fingerprint density at radius 3 is 2.75 bits per heavy atom. The molecule has 0 spiro atoms. The maximum atomic E-state index is 6.23. The zero-order valence-corrected chi connectivity index (χ0v) is 16.8. The number of ether oxygens (including phenoxy) is 3. The molecule has 2 aliphatic heterocycles. The van der Waals surface area contributed by atoms with Crippen molar-refractivity contribution >= 4 is 0 Å². The summed E-state index contributed by atoms with van der Waals surface area (Å²) in [5.41, 5.74) is 1.44. The molecule has 2 aromatic rings. The third-order valence-electron chi connectivity index (χ3n) is 5.93. The first-order valence-corrected chi connectivity index (χ1v) is 10.6. The van der Waals surface area contributed by atoms with Crippen LogP contribution in [0.4, 0.5) is 0 Å². The van der Waals surface area contributed by atoms with Gasteiger partial charge in [0.1, 0.15) is 5.75 Å². The minimum Gasteiger partial charge on any atom is -0.493 e. The van der Waals surface area contributed by atoms with Crippen LogP contribution in [0, 0.1) is 5.92 Å². The third kappa shape index (κ3) is 4.61. The van der Waals surface area contributed by atoms with Gasteiger partial charge in [0.25, 0.3) is 0 Å². The van der Waals surface area contributed by atoms with Gasteiger partial charge in [0.15, 0.2) is 11.5 Å². The topological polar surface area (TPSA) is 30.9 Å². The Hall–Kier alpha value is -2.20. The van der Waals surface area contributed by atoms with Crippen molar-refractivity contribution in [3.63, 3.8) is 0 Å². The predicted molar refractivity (Wildman–Crippen MR) is 111 cm³/mol. The van der Waals surface area contributed by atoms with Crippen molar-refractivity contribution in [1.82, 2.24) is 4.90 Å². The normalized spacial score (nSPS) is 21.6. The molecule has 0 bridgehead atoms. The number of piperidine rings is 1. The first-order valence-electron chi connectivity index (χ1n) is 10.6. The lowest BCUT2D eigenvalue weighted by molar-refractivity contribution is 0.109. The summed E-state index contributed by atoms with van der Waals surface area (Å²) in [6.07, 6.45) is 5.08. The third-order valence-corrected chi connectivity index (χ3v) is 5.93. The summed E-state index contributed by atoms with van der Waals surface area (Å²) < 4.78 is 17.1. The lowest BCUT2D eigenvalue weighted by Crippen LogP contribution is -2.42. The Morgan fingerprint density at radius 1 is 1.04 bits per heavy atom. The van der Waals surface area contributed by atoms with Gasteiger partial charge in [0, 0.05) is 18.5 Å². The highest BCUT2D eigenvalue weighted by atomic mass is 16.7. The summed E-state index contributed by atoms with van der Waals surface area (Å²) >= 11 is 0. The van der Waals surface area contributed by atoms with Crippen LogP contribution in [0.3, 0.4) is 0 Å². The van der Waals surface area contributed by atoms with Crippen LogP contribution in [0.1, 0.15) is 44.1 Å². The van der Waals surface area contributed by atoms with E-state index in [2.05, 4.69) is 42.2 Å². The van der Waals surface area contributed by atoms with E-state index in [1.165, 1.54) is 44.3 Å². The summed E-state index contributed by atoms with van der Waals surface area (Å²) in [5.74, 6) is 3.48. The smallest absolute Gasteiger partial charge is 0.231 e. The molecule has 0 N–H and O–H groups in total. The number of hydrogen-bond acceptors (Lipinski definition) is 4. The molecule has 2 unspecified atom stereocenters. The first kappa shape index (κ1) is 19.1. The molecule has 2 atom stereocenters. The molecule has 2 heterocycles. The van der Waals surface area contributed by atoms with E-state index in [4.69, 9.17) is 14.2 Å². The monoisotopic (exact) mass is 381 g/mol. The van der Waals surface area contributed by atoms with Crippen LogP contribution in [-0.2, 0) is 0 Å². The molecule has 0 aliphatic carbocycles. The van der Waals surface area contributed by atoms with Crippen LogP contribution < -0.4 is 14.2 Å². The summed E-state index contributed by atoms with van der Waals surface area (Å²) in [4.78, 5) is 2.63. The second kappa shape index (κ2) is 9.33. The van der Waals surface area contributed by atoms with E-state index < -0.39 is 0 Å². The van der Waals surface area contributed by atoms with Crippen molar-refractivity contribution in [2.75, 3.05) is 33.0 Å². The predicted octanol–water partition coefficient (Wildman–Crippen LogP) is 5.09. The number of hydrogen-bond donors (Lipinski definition) is 0. The lowest BCUT2D eigenvalue weighted by atomic mass is 9.81. The minimum absolute atomic E-state index is 0.296. The fraction of sp³-hybridized carbons (Fsp3) is 0.500. The van der Waals surface area contributed by atoms with Gasteiger partial charge in [-0.15, -0.1) is 0 Å². The number of unbranched alkanes of at least 4 members (excludes halogenated alkanes) is 2. The van der Waals surface area contributed by atoms with Crippen molar-refractivity contribution in [3.8, 4) is 17.2 Å². The molecule has 1 saturated heterocycles. The Balaban J connectivity index is 1.42. The molecular weight excluding hydrogens is 350 g/mol. The maximum Gasteiger partial charge on any atom is 0.231 e. The molecule has 4 heteroatoms. The zero-order chi connectivity index (χ0) is 19.2. The first-order chi connectivity index (χ1) is 13.8. The number of rotatable bonds is 8. The molecule has 1 fully saturated rings. The molecule has 4 nitrogen and oxygen atoms in total. The average molecular weight is 382 g/mol. The molecule has 0 radical (unpaired) electrons. The summed E-state index contributed by atoms with van der Waals surface area (Å²) in [6, 6.07) is 16.8. The molecule has 0 amide bonds. The van der Waals surface area contributed by atoms with Gasteiger partial charge in [-0.3, -0.25) is 0 Å². The van der Waals surface area contributed by atoms with Crippen LogP contribution >= 0.6 is 0 Å². The standard InChI is InChI=1S/C24H31NO3/c1-2-3-7-13-25-14-12-22(19-8-5-4-6-9-19)20(16-25)17-26-21-10-11-23-24(15-21)28-18-27-23/h4-6,8-11,15,20,22H,2-3,7,12-14,16-18H2,1H3. The maximum absolute atomic E-state index is 6.23. The summed E-state index contributed by atoms with van der Waals surface area (Å²) in [6.45, 7) is 6.78. The molecule has 2 aromatic carbocycles. The van der Waals surface area contributed by atoms with E-state index >= 15 is 0 Å². The second-order valence-electron chi connectivity index (χ2n) is 7.90. The van der Waals surface area contributed by atoms with E-state index in [0.29, 0.717) is 18.6 Å². The van der Waals surface area contributed by atoms with Crippen LogP contribution in [0.15, 0.2) is 48.5 Å². The van der Waals surface area contributed by atoms with Gasteiger partial charge in [-0.1, -0.05) is 50.1 Å². The lowest BCUT2D eigenvalue weighted by Gasteiger charge is -2.39. The van der Waals surface area contributed by atoms with Crippen LogP contribution in [0.5, 0.6) is 17.2 Å². The van der Waals surface area contributed by atoms with Gasteiger partial charge < -0.3 is 19.1 Å². The van der Waals surface area contributed by atoms with Crippen LogP contribution in [-0.4, -0.2) is 37.9 Å². The highest BCUT2D eigenvalue weighted by Crippen LogP contribution is 2.37. The zero-order valence-electron chi connectivity index (χ0n) is 16.8. The van der Waals surface area contributed by atoms with Crippen molar-refractivity contribution in [2.24, 2.45) is 5.92 Å². The summed E-state index contributed by atoms with van der Waals surface area (Å²) in [5, 5.41) is 0. The fourth-order valence-corrected chi connectivity index (χ4v) is 4.37. The largest absolute Gasteiger partial charge is 0.493 e. The van der Waals surface area contributed by atoms with Gasteiger partial charge in [-0.25, -0.2) is 0 Å². The van der Waals surface area contributed by atoms with Gasteiger partial charge in [-0.05, 0) is 49.5 Å². The van der Waals surface area contributed by atoms with Gasteiger partial charge in [-0.2, -0.15) is 0 Å². The molecule has 2 aliphatic rings. The highest BCUT2D eigenvalue weighted by Gasteiger charge is 2.30. The Bertz CT molecular complexity index is 749. The number of nitrogens with zero attached hydrogens (tertiary/aromatic N) is 1. The highest BCUT2D eigenvalue weighted by molar-refractivity contribution is 5.46. The van der Waals surface area contributed by atoms with Crippen LogP contribution in [0.25, 0.3) is 0 Å². The average Bonchev–Trinajstić information content (AvgIpc) is 3.21. The van der Waals surface area contributed by atoms with Gasteiger partial charge in [0.05, 0.1) is 6.61 Å². The molecule has 150 valence electrons. The van der Waals surface area contributed by atoms with Crippen molar-refractivity contribution < 1.29 is 14.2 Å². The molecule has 28 heavy (non-hydrogen) atoms. The number of fused-ring (bicyclic) bond motifs is 1. The molecule has 4 rings (SSSR count). The molecule has 0 saturated carbocycles. The van der Waals surface area contributed by atoms with E-state index in [0.717, 1.165) is 30.4 Å². The second-order valence-corrected chi connectivity index (χ2v) is 7.90.